The van der Waals surface area contributed by atoms with Crippen molar-refractivity contribution < 1.29 is 18.0 Å². The summed E-state index contributed by atoms with van der Waals surface area (Å²) in [4.78, 5) is 28.9. The molecule has 2 unspecified atom stereocenters. The van der Waals surface area contributed by atoms with Crippen LogP contribution in [-0.2, 0) is 26.2 Å². The van der Waals surface area contributed by atoms with Crippen molar-refractivity contribution in [1.82, 2.24) is 10.2 Å². The van der Waals surface area contributed by atoms with E-state index in [9.17, 15) is 18.0 Å². The van der Waals surface area contributed by atoms with Crippen LogP contribution in [0, 0.1) is 6.92 Å². The average Bonchev–Trinajstić information content (AvgIpc) is 2.93. The number of amides is 2. The Labute approximate surface area is 247 Å². The van der Waals surface area contributed by atoms with Crippen molar-refractivity contribution in [1.29, 1.82) is 0 Å². The molecule has 3 rings (SSSR count). The molecule has 0 fully saturated rings. The summed E-state index contributed by atoms with van der Waals surface area (Å²) < 4.78 is 28.7. The van der Waals surface area contributed by atoms with Gasteiger partial charge >= 0.3 is 0 Å². The number of anilines is 1. The second-order valence-electron chi connectivity index (χ2n) is 9.61. The molecule has 0 saturated heterocycles. The number of hydrogen-bond donors (Lipinski definition) is 1. The van der Waals surface area contributed by atoms with Crippen molar-refractivity contribution in [3.63, 3.8) is 0 Å². The van der Waals surface area contributed by atoms with Crippen molar-refractivity contribution in [3.8, 4) is 0 Å². The second-order valence-corrected chi connectivity index (χ2v) is 12.3. The molecule has 0 heterocycles. The highest BCUT2D eigenvalue weighted by Crippen LogP contribution is 2.33. The SMILES string of the molecule is CCC(C)NC(=O)C(CC)N(Cc1ccccc1C)C(=O)CN(c1ccc(Cl)cc1Cl)S(=O)(=O)c1ccccc1. The summed E-state index contributed by atoms with van der Waals surface area (Å²) >= 11 is 12.6. The number of aryl methyl sites for hydroxylation is 1. The number of nitrogens with zero attached hydrogens (tertiary/aromatic N) is 2. The van der Waals surface area contributed by atoms with E-state index in [-0.39, 0.29) is 34.1 Å². The molecule has 2 atom stereocenters. The second kappa shape index (κ2) is 14.0. The minimum Gasteiger partial charge on any atom is -0.352 e. The van der Waals surface area contributed by atoms with E-state index in [1.165, 1.54) is 35.2 Å². The zero-order valence-corrected chi connectivity index (χ0v) is 25.4. The zero-order chi connectivity index (χ0) is 29.4. The molecule has 214 valence electrons. The van der Waals surface area contributed by atoms with Gasteiger partial charge in [0.25, 0.3) is 10.0 Å². The Balaban J connectivity index is 2.09. The summed E-state index contributed by atoms with van der Waals surface area (Å²) in [6, 6.07) is 18.9. The van der Waals surface area contributed by atoms with E-state index in [4.69, 9.17) is 23.2 Å². The van der Waals surface area contributed by atoms with Gasteiger partial charge in [0.05, 0.1) is 15.6 Å². The average molecular weight is 605 g/mol. The number of rotatable bonds is 12. The van der Waals surface area contributed by atoms with Crippen LogP contribution < -0.4 is 9.62 Å². The third-order valence-electron chi connectivity index (χ3n) is 6.78. The van der Waals surface area contributed by atoms with Crippen LogP contribution in [0.5, 0.6) is 0 Å². The maximum absolute atomic E-state index is 14.1. The first-order valence-corrected chi connectivity index (χ1v) is 15.4. The zero-order valence-electron chi connectivity index (χ0n) is 23.1. The van der Waals surface area contributed by atoms with Crippen LogP contribution >= 0.6 is 23.2 Å². The molecule has 40 heavy (non-hydrogen) atoms. The summed E-state index contributed by atoms with van der Waals surface area (Å²) in [6.45, 7) is 7.17. The number of carbonyl (C=O) groups excluding carboxylic acids is 2. The predicted molar refractivity (Wildman–Crippen MR) is 161 cm³/mol. The van der Waals surface area contributed by atoms with Crippen LogP contribution in [-0.4, -0.2) is 43.8 Å². The Morgan fingerprint density at radius 1 is 0.925 bits per heavy atom. The van der Waals surface area contributed by atoms with Gasteiger partial charge in [-0.25, -0.2) is 8.42 Å². The van der Waals surface area contributed by atoms with Gasteiger partial charge in [0.15, 0.2) is 0 Å². The van der Waals surface area contributed by atoms with Gasteiger partial charge in [-0.15, -0.1) is 0 Å². The molecule has 0 aliphatic rings. The molecular formula is C30H35Cl2N3O4S. The molecule has 0 radical (unpaired) electrons. The van der Waals surface area contributed by atoms with Crippen molar-refractivity contribution in [2.24, 2.45) is 0 Å². The van der Waals surface area contributed by atoms with Gasteiger partial charge < -0.3 is 10.2 Å². The van der Waals surface area contributed by atoms with Crippen LogP contribution in [0.3, 0.4) is 0 Å². The van der Waals surface area contributed by atoms with Gasteiger partial charge in [-0.3, -0.25) is 13.9 Å². The Morgan fingerprint density at radius 3 is 2.17 bits per heavy atom. The monoisotopic (exact) mass is 603 g/mol. The minimum absolute atomic E-state index is 0.000764. The maximum atomic E-state index is 14.1. The highest BCUT2D eigenvalue weighted by atomic mass is 35.5. The number of benzene rings is 3. The molecule has 3 aromatic rings. The lowest BCUT2D eigenvalue weighted by Gasteiger charge is -2.34. The summed E-state index contributed by atoms with van der Waals surface area (Å²) in [6.07, 6.45) is 1.07. The first-order chi connectivity index (χ1) is 19.0. The Morgan fingerprint density at radius 2 is 1.57 bits per heavy atom. The van der Waals surface area contributed by atoms with Gasteiger partial charge in [0.2, 0.25) is 11.8 Å². The number of sulfonamides is 1. The molecule has 0 saturated carbocycles. The fourth-order valence-corrected chi connectivity index (χ4v) is 6.26. The lowest BCUT2D eigenvalue weighted by molar-refractivity contribution is -0.140. The molecule has 0 aliphatic carbocycles. The smallest absolute Gasteiger partial charge is 0.264 e. The highest BCUT2D eigenvalue weighted by molar-refractivity contribution is 7.92. The van der Waals surface area contributed by atoms with E-state index in [0.29, 0.717) is 11.4 Å². The van der Waals surface area contributed by atoms with E-state index in [2.05, 4.69) is 5.32 Å². The van der Waals surface area contributed by atoms with Crippen LogP contribution in [0.1, 0.15) is 44.7 Å². The fourth-order valence-electron chi connectivity index (χ4n) is 4.25. The number of halogens is 2. The number of hydrogen-bond acceptors (Lipinski definition) is 4. The summed E-state index contributed by atoms with van der Waals surface area (Å²) in [5.74, 6) is -0.833. The molecule has 0 aromatic heterocycles. The molecular weight excluding hydrogens is 569 g/mol. The van der Waals surface area contributed by atoms with Gasteiger partial charge in [-0.2, -0.15) is 0 Å². The molecule has 7 nitrogen and oxygen atoms in total. The molecule has 3 aromatic carbocycles. The summed E-state index contributed by atoms with van der Waals surface area (Å²) in [7, 11) is -4.22. The number of nitrogens with one attached hydrogen (secondary N) is 1. The highest BCUT2D eigenvalue weighted by Gasteiger charge is 2.34. The maximum Gasteiger partial charge on any atom is 0.264 e. The van der Waals surface area contributed by atoms with E-state index < -0.39 is 28.5 Å². The standard InChI is InChI=1S/C30H35Cl2N3O4S/c1-5-22(4)33-30(37)27(6-2)34(19-23-13-11-10-12-21(23)3)29(36)20-35(28-17-16-24(31)18-26(28)32)40(38,39)25-14-8-7-9-15-25/h7-18,22,27H,5-6,19-20H2,1-4H3,(H,33,37). The van der Waals surface area contributed by atoms with Gasteiger partial charge in [-0.05, 0) is 68.1 Å². The third kappa shape index (κ3) is 7.56. The molecule has 0 spiro atoms. The molecule has 2 amide bonds. The summed E-state index contributed by atoms with van der Waals surface area (Å²) in [5, 5.41) is 3.37. The normalized spacial score (nSPS) is 12.8. The third-order valence-corrected chi connectivity index (χ3v) is 9.09. The Kier molecular flexibility index (Phi) is 11.0. The largest absolute Gasteiger partial charge is 0.352 e. The fraction of sp³-hybridized carbons (Fsp3) is 0.333. The lowest BCUT2D eigenvalue weighted by atomic mass is 10.1. The van der Waals surface area contributed by atoms with E-state index in [1.807, 2.05) is 52.0 Å². The van der Waals surface area contributed by atoms with Crippen LogP contribution in [0.2, 0.25) is 10.0 Å². The lowest BCUT2D eigenvalue weighted by Crippen LogP contribution is -2.53. The predicted octanol–water partition coefficient (Wildman–Crippen LogP) is 6.22. The van der Waals surface area contributed by atoms with Crippen molar-refractivity contribution in [2.45, 2.75) is 64.1 Å². The first-order valence-electron chi connectivity index (χ1n) is 13.2. The molecule has 0 bridgehead atoms. The molecule has 10 heteroatoms. The van der Waals surface area contributed by atoms with Crippen LogP contribution in [0.15, 0.2) is 77.7 Å². The molecule has 1 N–H and O–H groups in total. The Hall–Kier alpha value is -3.07. The van der Waals surface area contributed by atoms with E-state index in [1.54, 1.807) is 18.2 Å². The first kappa shape index (κ1) is 31.5. The van der Waals surface area contributed by atoms with Crippen molar-refractivity contribution in [2.75, 3.05) is 10.8 Å². The van der Waals surface area contributed by atoms with Crippen LogP contribution in [0.4, 0.5) is 5.69 Å². The van der Waals surface area contributed by atoms with Crippen molar-refractivity contribution >= 4 is 50.7 Å². The van der Waals surface area contributed by atoms with Gasteiger partial charge in [0.1, 0.15) is 12.6 Å². The van der Waals surface area contributed by atoms with E-state index >= 15 is 0 Å². The number of carbonyl (C=O) groups is 2. The Bertz CT molecular complexity index is 1430. The van der Waals surface area contributed by atoms with Gasteiger partial charge in [-0.1, -0.05) is 79.5 Å². The van der Waals surface area contributed by atoms with E-state index in [0.717, 1.165) is 21.9 Å². The summed E-state index contributed by atoms with van der Waals surface area (Å²) in [5.41, 5.74) is 1.91. The molecule has 0 aliphatic heterocycles. The van der Waals surface area contributed by atoms with Crippen LogP contribution in [0.25, 0.3) is 0 Å². The minimum atomic E-state index is -4.22. The quantitative estimate of drug-likeness (QED) is 0.266. The van der Waals surface area contributed by atoms with Crippen molar-refractivity contribution in [3.05, 3.63) is 94.0 Å². The van der Waals surface area contributed by atoms with Gasteiger partial charge in [0, 0.05) is 17.6 Å². The topological polar surface area (TPSA) is 86.8 Å².